The molecule has 1 aliphatic rings. The Morgan fingerprint density at radius 2 is 1.44 bits per heavy atom. The highest BCUT2D eigenvalue weighted by Crippen LogP contribution is 2.35. The summed E-state index contributed by atoms with van der Waals surface area (Å²) in [6.07, 6.45) is 9.91. The quantitative estimate of drug-likeness (QED) is 0.168. The highest BCUT2D eigenvalue weighted by Gasteiger charge is 2.49. The predicted octanol–water partition coefficient (Wildman–Crippen LogP) is 8.09. The Balaban J connectivity index is 1.48. The van der Waals surface area contributed by atoms with E-state index in [4.69, 9.17) is 9.47 Å². The first kappa shape index (κ1) is 30.3. The van der Waals surface area contributed by atoms with Crippen LogP contribution in [0.1, 0.15) is 57.2 Å². The van der Waals surface area contributed by atoms with Crippen molar-refractivity contribution in [2.45, 2.75) is 70.9 Å². The minimum Gasteiger partial charge on any atom is -0.449 e. The van der Waals surface area contributed by atoms with E-state index in [-0.39, 0.29) is 12.1 Å². The molecule has 5 nitrogen and oxygen atoms in total. The van der Waals surface area contributed by atoms with Crippen LogP contribution in [0.3, 0.4) is 0 Å². The van der Waals surface area contributed by atoms with Crippen molar-refractivity contribution in [1.29, 1.82) is 0 Å². The van der Waals surface area contributed by atoms with Gasteiger partial charge in [0.15, 0.2) is 0 Å². The molecule has 0 aromatic heterocycles. The number of ether oxygens (including phenoxy) is 2. The van der Waals surface area contributed by atoms with E-state index in [1.807, 2.05) is 45.9 Å². The number of amides is 1. The SMILES string of the molecule is CC1(C)COC(C)(C)N1C(=O)OCCC[C@@H](C=CC=Cc1ccccc1)N(Cc1ccccc1)Cc1ccccc1. The number of nitrogens with zero attached hydrogens (tertiary/aromatic N) is 2. The molecule has 0 bridgehead atoms. The van der Waals surface area contributed by atoms with Crippen LogP contribution in [0.15, 0.2) is 109 Å². The molecule has 1 amide bonds. The molecule has 0 spiro atoms. The van der Waals surface area contributed by atoms with Crippen LogP contribution < -0.4 is 0 Å². The molecule has 1 saturated heterocycles. The lowest BCUT2D eigenvalue weighted by Gasteiger charge is -2.36. The highest BCUT2D eigenvalue weighted by molar-refractivity contribution is 5.70. The number of benzene rings is 3. The van der Waals surface area contributed by atoms with E-state index in [1.165, 1.54) is 16.7 Å². The third-order valence-corrected chi connectivity index (χ3v) is 7.43. The molecule has 41 heavy (non-hydrogen) atoms. The molecule has 5 heteroatoms. The van der Waals surface area contributed by atoms with E-state index in [0.29, 0.717) is 13.2 Å². The summed E-state index contributed by atoms with van der Waals surface area (Å²) in [7, 11) is 0. The summed E-state index contributed by atoms with van der Waals surface area (Å²) < 4.78 is 11.7. The van der Waals surface area contributed by atoms with Gasteiger partial charge < -0.3 is 9.47 Å². The predicted molar refractivity (Wildman–Crippen MR) is 167 cm³/mol. The maximum absolute atomic E-state index is 13.1. The van der Waals surface area contributed by atoms with E-state index >= 15 is 0 Å². The van der Waals surface area contributed by atoms with Crippen LogP contribution in [-0.4, -0.2) is 46.4 Å². The molecule has 0 N–H and O–H groups in total. The van der Waals surface area contributed by atoms with E-state index in [1.54, 1.807) is 4.90 Å². The third kappa shape index (κ3) is 8.91. The number of carbonyl (C=O) groups excluding carboxylic acids is 1. The molecule has 216 valence electrons. The zero-order valence-corrected chi connectivity index (χ0v) is 24.9. The lowest BCUT2D eigenvalue weighted by Crippen LogP contribution is -2.52. The lowest BCUT2D eigenvalue weighted by molar-refractivity contribution is -0.0520. The number of hydrogen-bond donors (Lipinski definition) is 0. The lowest BCUT2D eigenvalue weighted by atomic mass is 10.0. The molecular formula is C36H44N2O3. The van der Waals surface area contributed by atoms with Crippen molar-refractivity contribution >= 4 is 12.2 Å². The maximum Gasteiger partial charge on any atom is 0.412 e. The van der Waals surface area contributed by atoms with Crippen LogP contribution in [0, 0.1) is 0 Å². The fraction of sp³-hybridized carbons (Fsp3) is 0.361. The van der Waals surface area contributed by atoms with Crippen molar-refractivity contribution < 1.29 is 14.3 Å². The zero-order chi connectivity index (χ0) is 29.1. The average Bonchev–Trinajstić information content (AvgIpc) is 3.20. The van der Waals surface area contributed by atoms with Crippen LogP contribution in [0.5, 0.6) is 0 Å². The normalized spacial score (nSPS) is 17.0. The Labute approximate surface area is 246 Å². The summed E-state index contributed by atoms with van der Waals surface area (Å²) in [5.74, 6) is 0. The Kier molecular flexibility index (Phi) is 10.6. The fourth-order valence-corrected chi connectivity index (χ4v) is 5.44. The van der Waals surface area contributed by atoms with Crippen LogP contribution >= 0.6 is 0 Å². The summed E-state index contributed by atoms with van der Waals surface area (Å²) in [6, 6.07) is 31.7. The minimum atomic E-state index is -0.681. The first-order chi connectivity index (χ1) is 19.7. The van der Waals surface area contributed by atoms with Crippen LogP contribution in [0.2, 0.25) is 0 Å². The van der Waals surface area contributed by atoms with Gasteiger partial charge in [0.05, 0.1) is 18.8 Å². The standard InChI is InChI=1S/C36H44N2O3/c1-35(2)29-41-36(3,4)38(35)34(39)40-26-16-25-33(24-15-14-19-30-17-8-5-9-18-30)37(27-31-20-10-6-11-21-31)28-32-22-12-7-13-23-32/h5-15,17-24,33H,16,25-29H2,1-4H3/t33-/m1/s1. The second-order valence-electron chi connectivity index (χ2n) is 11.7. The second-order valence-corrected chi connectivity index (χ2v) is 11.7. The Hall–Kier alpha value is -3.67. The van der Waals surface area contributed by atoms with Crippen molar-refractivity contribution in [2.24, 2.45) is 0 Å². The van der Waals surface area contributed by atoms with Gasteiger partial charge in [0.1, 0.15) is 5.72 Å². The Morgan fingerprint density at radius 1 is 0.878 bits per heavy atom. The van der Waals surface area contributed by atoms with Gasteiger partial charge in [-0.05, 0) is 57.2 Å². The van der Waals surface area contributed by atoms with E-state index in [2.05, 4.69) is 102 Å². The number of allylic oxidation sites excluding steroid dienone is 2. The molecule has 1 atom stereocenters. The molecule has 1 fully saturated rings. The summed E-state index contributed by atoms with van der Waals surface area (Å²) in [5.41, 5.74) is 2.62. The molecule has 3 aromatic rings. The molecule has 0 saturated carbocycles. The van der Waals surface area contributed by atoms with Gasteiger partial charge in [-0.25, -0.2) is 4.79 Å². The Bertz CT molecular complexity index is 1210. The van der Waals surface area contributed by atoms with Gasteiger partial charge in [-0.15, -0.1) is 0 Å². The molecular weight excluding hydrogens is 508 g/mol. The number of carbonyl (C=O) groups is 1. The van der Waals surface area contributed by atoms with E-state index < -0.39 is 11.3 Å². The molecule has 4 rings (SSSR count). The van der Waals surface area contributed by atoms with Crippen LogP contribution in [0.25, 0.3) is 6.08 Å². The number of hydrogen-bond acceptors (Lipinski definition) is 4. The molecule has 1 heterocycles. The first-order valence-electron chi connectivity index (χ1n) is 14.6. The van der Waals surface area contributed by atoms with Gasteiger partial charge in [0.25, 0.3) is 0 Å². The topological polar surface area (TPSA) is 42.0 Å². The van der Waals surface area contributed by atoms with Crippen molar-refractivity contribution in [2.75, 3.05) is 13.2 Å². The fourth-order valence-electron chi connectivity index (χ4n) is 5.44. The second kappa shape index (κ2) is 14.3. The van der Waals surface area contributed by atoms with Crippen molar-refractivity contribution in [3.8, 4) is 0 Å². The average molecular weight is 553 g/mol. The molecule has 0 radical (unpaired) electrons. The summed E-state index contributed by atoms with van der Waals surface area (Å²) >= 11 is 0. The molecule has 0 aliphatic carbocycles. The van der Waals surface area contributed by atoms with Crippen molar-refractivity contribution in [3.05, 3.63) is 126 Å². The smallest absolute Gasteiger partial charge is 0.412 e. The van der Waals surface area contributed by atoms with Gasteiger partial charge in [-0.2, -0.15) is 0 Å². The van der Waals surface area contributed by atoms with Crippen molar-refractivity contribution in [1.82, 2.24) is 9.80 Å². The number of rotatable bonds is 12. The first-order valence-corrected chi connectivity index (χ1v) is 14.6. The van der Waals surface area contributed by atoms with Crippen LogP contribution in [0.4, 0.5) is 4.79 Å². The van der Waals surface area contributed by atoms with Gasteiger partial charge in [-0.3, -0.25) is 9.80 Å². The summed E-state index contributed by atoms with van der Waals surface area (Å²) in [6.45, 7) is 10.3. The van der Waals surface area contributed by atoms with Gasteiger partial charge in [0, 0.05) is 19.1 Å². The molecule has 0 unspecified atom stereocenters. The Morgan fingerprint density at radius 3 is 1.98 bits per heavy atom. The van der Waals surface area contributed by atoms with E-state index in [0.717, 1.165) is 25.9 Å². The largest absolute Gasteiger partial charge is 0.449 e. The highest BCUT2D eigenvalue weighted by atomic mass is 16.6. The molecule has 3 aromatic carbocycles. The van der Waals surface area contributed by atoms with Crippen molar-refractivity contribution in [3.63, 3.8) is 0 Å². The van der Waals surface area contributed by atoms with Gasteiger partial charge >= 0.3 is 6.09 Å². The third-order valence-electron chi connectivity index (χ3n) is 7.43. The maximum atomic E-state index is 13.1. The van der Waals surface area contributed by atoms with Crippen LogP contribution in [-0.2, 0) is 22.6 Å². The summed E-state index contributed by atoms with van der Waals surface area (Å²) in [5, 5.41) is 0. The summed E-state index contributed by atoms with van der Waals surface area (Å²) in [4.78, 5) is 17.3. The van der Waals surface area contributed by atoms with Gasteiger partial charge in [-0.1, -0.05) is 115 Å². The zero-order valence-electron chi connectivity index (χ0n) is 24.9. The monoisotopic (exact) mass is 552 g/mol. The van der Waals surface area contributed by atoms with E-state index in [9.17, 15) is 4.79 Å². The van der Waals surface area contributed by atoms with Gasteiger partial charge in [0.2, 0.25) is 0 Å². The minimum absolute atomic E-state index is 0.150. The molecule has 1 aliphatic heterocycles.